The molecule has 1 saturated heterocycles. The maximum atomic E-state index is 12.3. The van der Waals surface area contributed by atoms with E-state index in [-0.39, 0.29) is 11.9 Å². The summed E-state index contributed by atoms with van der Waals surface area (Å²) >= 11 is 0. The average Bonchev–Trinajstić information content (AvgIpc) is 2.38. The summed E-state index contributed by atoms with van der Waals surface area (Å²) in [5.41, 5.74) is 0.661. The SMILES string of the molecule is C[C@H]1CNCCN1C(=O)c1ccc(N(C)C)nc1. The summed E-state index contributed by atoms with van der Waals surface area (Å²) in [6, 6.07) is 3.96. The van der Waals surface area contributed by atoms with Crippen molar-refractivity contribution in [3.63, 3.8) is 0 Å². The second kappa shape index (κ2) is 5.35. The lowest BCUT2D eigenvalue weighted by Gasteiger charge is -2.34. The predicted molar refractivity (Wildman–Crippen MR) is 71.9 cm³/mol. The number of hydrogen-bond acceptors (Lipinski definition) is 4. The summed E-state index contributed by atoms with van der Waals surface area (Å²) in [6.07, 6.45) is 1.66. The van der Waals surface area contributed by atoms with E-state index >= 15 is 0 Å². The molecule has 0 saturated carbocycles. The highest BCUT2D eigenvalue weighted by Gasteiger charge is 2.24. The molecule has 1 amide bonds. The van der Waals surface area contributed by atoms with Crippen molar-refractivity contribution in [3.8, 4) is 0 Å². The van der Waals surface area contributed by atoms with Crippen LogP contribution in [0.15, 0.2) is 18.3 Å². The van der Waals surface area contributed by atoms with Gasteiger partial charge in [-0.25, -0.2) is 4.98 Å². The van der Waals surface area contributed by atoms with Crippen LogP contribution in [0, 0.1) is 0 Å². The Morgan fingerprint density at radius 3 is 2.83 bits per heavy atom. The third-order valence-corrected chi connectivity index (χ3v) is 3.22. The minimum Gasteiger partial charge on any atom is -0.363 e. The molecule has 0 bridgehead atoms. The van der Waals surface area contributed by atoms with Crippen LogP contribution in [-0.4, -0.2) is 55.6 Å². The zero-order valence-corrected chi connectivity index (χ0v) is 11.2. The molecule has 1 aromatic heterocycles. The number of piperazine rings is 1. The van der Waals surface area contributed by atoms with Crippen LogP contribution in [0.1, 0.15) is 17.3 Å². The number of amides is 1. The van der Waals surface area contributed by atoms with Gasteiger partial charge in [0, 0.05) is 46.0 Å². The number of carbonyl (C=O) groups excluding carboxylic acids is 1. The lowest BCUT2D eigenvalue weighted by molar-refractivity contribution is 0.0655. The van der Waals surface area contributed by atoms with E-state index < -0.39 is 0 Å². The lowest BCUT2D eigenvalue weighted by atomic mass is 10.1. The lowest BCUT2D eigenvalue weighted by Crippen LogP contribution is -2.52. The van der Waals surface area contributed by atoms with E-state index in [9.17, 15) is 4.79 Å². The molecule has 2 heterocycles. The number of hydrogen-bond donors (Lipinski definition) is 1. The Labute approximate surface area is 108 Å². The van der Waals surface area contributed by atoms with Crippen molar-refractivity contribution in [1.29, 1.82) is 0 Å². The monoisotopic (exact) mass is 248 g/mol. The third kappa shape index (κ3) is 2.61. The number of anilines is 1. The first-order valence-electron chi connectivity index (χ1n) is 6.24. The zero-order valence-electron chi connectivity index (χ0n) is 11.2. The minimum atomic E-state index is 0.0711. The van der Waals surface area contributed by atoms with Gasteiger partial charge in [0.15, 0.2) is 0 Å². The molecule has 0 unspecified atom stereocenters. The first-order chi connectivity index (χ1) is 8.59. The van der Waals surface area contributed by atoms with Crippen LogP contribution in [0.2, 0.25) is 0 Å². The van der Waals surface area contributed by atoms with Crippen LogP contribution in [0.25, 0.3) is 0 Å². The predicted octanol–water partition coefficient (Wildman–Crippen LogP) is 0.581. The van der Waals surface area contributed by atoms with E-state index in [1.807, 2.05) is 36.0 Å². The zero-order chi connectivity index (χ0) is 13.1. The molecule has 1 aliphatic rings. The molecular weight excluding hydrogens is 228 g/mol. The largest absolute Gasteiger partial charge is 0.363 e. The highest BCUT2D eigenvalue weighted by atomic mass is 16.2. The molecule has 18 heavy (non-hydrogen) atoms. The Bertz CT molecular complexity index is 416. The molecule has 1 fully saturated rings. The van der Waals surface area contributed by atoms with Crippen LogP contribution in [-0.2, 0) is 0 Å². The van der Waals surface area contributed by atoms with Crippen LogP contribution in [0.5, 0.6) is 0 Å². The first kappa shape index (κ1) is 12.8. The van der Waals surface area contributed by atoms with Gasteiger partial charge in [-0.05, 0) is 19.1 Å². The van der Waals surface area contributed by atoms with E-state index in [0.717, 1.165) is 25.5 Å². The van der Waals surface area contributed by atoms with Crippen molar-refractivity contribution in [3.05, 3.63) is 23.9 Å². The van der Waals surface area contributed by atoms with Gasteiger partial charge in [0.2, 0.25) is 0 Å². The molecule has 1 atom stereocenters. The van der Waals surface area contributed by atoms with Gasteiger partial charge >= 0.3 is 0 Å². The van der Waals surface area contributed by atoms with E-state index in [4.69, 9.17) is 0 Å². The summed E-state index contributed by atoms with van der Waals surface area (Å²) < 4.78 is 0. The Hall–Kier alpha value is -1.62. The highest BCUT2D eigenvalue weighted by molar-refractivity contribution is 5.94. The van der Waals surface area contributed by atoms with E-state index in [0.29, 0.717) is 5.56 Å². The summed E-state index contributed by atoms with van der Waals surface area (Å²) in [5, 5.41) is 3.28. The molecule has 0 radical (unpaired) electrons. The minimum absolute atomic E-state index is 0.0711. The van der Waals surface area contributed by atoms with Gasteiger partial charge in [-0.3, -0.25) is 4.79 Å². The fraction of sp³-hybridized carbons (Fsp3) is 0.538. The van der Waals surface area contributed by atoms with Gasteiger partial charge in [0.1, 0.15) is 5.82 Å². The standard InChI is InChI=1S/C13H20N4O/c1-10-8-14-6-7-17(10)13(18)11-4-5-12(15-9-11)16(2)3/h4-5,9-10,14H,6-8H2,1-3H3/t10-/m0/s1. The molecule has 0 aromatic carbocycles. The summed E-state index contributed by atoms with van der Waals surface area (Å²) in [6.45, 7) is 4.54. The number of aromatic nitrogens is 1. The molecule has 1 N–H and O–H groups in total. The van der Waals surface area contributed by atoms with E-state index in [1.165, 1.54) is 0 Å². The topological polar surface area (TPSA) is 48.5 Å². The maximum absolute atomic E-state index is 12.3. The van der Waals surface area contributed by atoms with E-state index in [2.05, 4.69) is 17.2 Å². The van der Waals surface area contributed by atoms with E-state index in [1.54, 1.807) is 6.20 Å². The van der Waals surface area contributed by atoms with Gasteiger partial charge < -0.3 is 15.1 Å². The van der Waals surface area contributed by atoms with Crippen molar-refractivity contribution in [1.82, 2.24) is 15.2 Å². The van der Waals surface area contributed by atoms with Crippen molar-refractivity contribution >= 4 is 11.7 Å². The Balaban J connectivity index is 2.13. The van der Waals surface area contributed by atoms with Gasteiger partial charge in [0.25, 0.3) is 5.91 Å². The normalized spacial score (nSPS) is 19.7. The van der Waals surface area contributed by atoms with Crippen molar-refractivity contribution in [2.45, 2.75) is 13.0 Å². The fourth-order valence-corrected chi connectivity index (χ4v) is 2.09. The number of pyridine rings is 1. The van der Waals surface area contributed by atoms with Gasteiger partial charge in [0.05, 0.1) is 5.56 Å². The van der Waals surface area contributed by atoms with Gasteiger partial charge in [-0.15, -0.1) is 0 Å². The first-order valence-corrected chi connectivity index (χ1v) is 6.24. The highest BCUT2D eigenvalue weighted by Crippen LogP contribution is 2.12. The second-order valence-corrected chi connectivity index (χ2v) is 4.85. The fourth-order valence-electron chi connectivity index (χ4n) is 2.09. The summed E-state index contributed by atoms with van der Waals surface area (Å²) in [5.74, 6) is 0.932. The maximum Gasteiger partial charge on any atom is 0.255 e. The summed E-state index contributed by atoms with van der Waals surface area (Å²) in [7, 11) is 3.87. The molecule has 0 spiro atoms. The molecule has 5 nitrogen and oxygen atoms in total. The van der Waals surface area contributed by atoms with Gasteiger partial charge in [-0.1, -0.05) is 0 Å². The Kier molecular flexibility index (Phi) is 3.81. The van der Waals surface area contributed by atoms with Crippen molar-refractivity contribution < 1.29 is 4.79 Å². The quantitative estimate of drug-likeness (QED) is 0.832. The van der Waals surface area contributed by atoms with Crippen LogP contribution in [0.3, 0.4) is 0 Å². The number of nitrogens with one attached hydrogen (secondary N) is 1. The van der Waals surface area contributed by atoms with Crippen LogP contribution in [0.4, 0.5) is 5.82 Å². The number of nitrogens with zero attached hydrogens (tertiary/aromatic N) is 3. The van der Waals surface area contributed by atoms with Crippen molar-refractivity contribution in [2.75, 3.05) is 38.6 Å². The van der Waals surface area contributed by atoms with Crippen LogP contribution < -0.4 is 10.2 Å². The summed E-state index contributed by atoms with van der Waals surface area (Å²) in [4.78, 5) is 20.4. The molecule has 2 rings (SSSR count). The van der Waals surface area contributed by atoms with Crippen LogP contribution >= 0.6 is 0 Å². The Morgan fingerprint density at radius 1 is 1.50 bits per heavy atom. The third-order valence-electron chi connectivity index (χ3n) is 3.22. The molecule has 1 aliphatic heterocycles. The number of rotatable bonds is 2. The second-order valence-electron chi connectivity index (χ2n) is 4.85. The molecule has 0 aliphatic carbocycles. The molecule has 5 heteroatoms. The average molecular weight is 248 g/mol. The number of carbonyl (C=O) groups is 1. The molecular formula is C13H20N4O. The smallest absolute Gasteiger partial charge is 0.255 e. The Morgan fingerprint density at radius 2 is 2.28 bits per heavy atom. The molecule has 98 valence electrons. The molecule has 1 aromatic rings. The van der Waals surface area contributed by atoms with Gasteiger partial charge in [-0.2, -0.15) is 0 Å². The van der Waals surface area contributed by atoms with Crippen molar-refractivity contribution in [2.24, 2.45) is 0 Å².